The monoisotopic (exact) mass is 377 g/mol. The van der Waals surface area contributed by atoms with E-state index in [1.165, 1.54) is 37.3 Å². The zero-order valence-corrected chi connectivity index (χ0v) is 15.3. The number of hydrogen-bond donors (Lipinski definition) is 2. The van der Waals surface area contributed by atoms with Gasteiger partial charge in [0.25, 0.3) is 5.91 Å². The molecule has 0 heterocycles. The quantitative estimate of drug-likeness (QED) is 0.800. The lowest BCUT2D eigenvalue weighted by Crippen LogP contribution is -2.23. The second kappa shape index (κ2) is 7.57. The van der Waals surface area contributed by atoms with Crippen LogP contribution < -0.4 is 10.1 Å². The van der Waals surface area contributed by atoms with Gasteiger partial charge in [-0.05, 0) is 49.7 Å². The van der Waals surface area contributed by atoms with Crippen LogP contribution >= 0.6 is 0 Å². The number of carbonyl (C=O) groups excluding carboxylic acids is 1. The van der Waals surface area contributed by atoms with Gasteiger partial charge < -0.3 is 15.2 Å². The average Bonchev–Trinajstić information content (AvgIpc) is 2.57. The second-order valence-electron chi connectivity index (χ2n) is 5.83. The second-order valence-corrected chi connectivity index (χ2v) is 7.84. The van der Waals surface area contributed by atoms with Crippen LogP contribution in [0.15, 0.2) is 47.4 Å². The minimum atomic E-state index is -3.33. The predicted octanol–water partition coefficient (Wildman–Crippen LogP) is 2.50. The number of benzene rings is 2. The van der Waals surface area contributed by atoms with Crippen molar-refractivity contribution in [2.24, 2.45) is 0 Å². The normalized spacial score (nSPS) is 12.3. The summed E-state index contributed by atoms with van der Waals surface area (Å²) in [6.07, 6.45) is 0.0665. The fourth-order valence-electron chi connectivity index (χ4n) is 2.10. The molecular formula is C18H19NO6S. The van der Waals surface area contributed by atoms with Crippen LogP contribution in [0, 0.1) is 6.92 Å². The summed E-state index contributed by atoms with van der Waals surface area (Å²) in [5, 5.41) is 11.6. The molecule has 0 radical (unpaired) electrons. The molecule has 0 aliphatic rings. The van der Waals surface area contributed by atoms with Gasteiger partial charge >= 0.3 is 5.97 Å². The first-order valence-corrected chi connectivity index (χ1v) is 9.58. The minimum Gasteiger partial charge on any atom is -0.479 e. The van der Waals surface area contributed by atoms with Gasteiger partial charge in [-0.15, -0.1) is 0 Å². The van der Waals surface area contributed by atoms with Crippen molar-refractivity contribution in [2.75, 3.05) is 11.6 Å². The van der Waals surface area contributed by atoms with E-state index in [0.717, 1.165) is 11.8 Å². The Hall–Kier alpha value is -2.87. The Morgan fingerprint density at radius 2 is 1.73 bits per heavy atom. The lowest BCUT2D eigenvalue weighted by molar-refractivity contribution is -0.144. The summed E-state index contributed by atoms with van der Waals surface area (Å²) >= 11 is 0. The molecule has 0 unspecified atom stereocenters. The zero-order valence-electron chi connectivity index (χ0n) is 14.5. The van der Waals surface area contributed by atoms with Gasteiger partial charge in [0, 0.05) is 23.6 Å². The van der Waals surface area contributed by atoms with E-state index < -0.39 is 27.8 Å². The van der Waals surface area contributed by atoms with Gasteiger partial charge in [-0.1, -0.05) is 6.07 Å². The molecule has 0 spiro atoms. The molecule has 2 aromatic rings. The molecular weight excluding hydrogens is 358 g/mol. The Bertz CT molecular complexity index is 935. The highest BCUT2D eigenvalue weighted by Crippen LogP contribution is 2.24. The van der Waals surface area contributed by atoms with Gasteiger partial charge in [-0.25, -0.2) is 13.2 Å². The molecule has 0 aliphatic carbocycles. The first-order valence-electron chi connectivity index (χ1n) is 7.69. The molecule has 0 saturated carbocycles. The van der Waals surface area contributed by atoms with Crippen LogP contribution in [0.25, 0.3) is 0 Å². The number of carboxylic acid groups (broad SMARTS) is 1. The Balaban J connectivity index is 2.17. The minimum absolute atomic E-state index is 0.128. The summed E-state index contributed by atoms with van der Waals surface area (Å²) in [6, 6.07) is 10.5. The van der Waals surface area contributed by atoms with Crippen LogP contribution in [0.5, 0.6) is 5.75 Å². The van der Waals surface area contributed by atoms with Gasteiger partial charge in [0.15, 0.2) is 15.9 Å². The number of amides is 1. The molecule has 2 N–H and O–H groups in total. The lowest BCUT2D eigenvalue weighted by Gasteiger charge is -2.14. The highest BCUT2D eigenvalue weighted by Gasteiger charge is 2.15. The first-order chi connectivity index (χ1) is 12.1. The van der Waals surface area contributed by atoms with Gasteiger partial charge in [-0.3, -0.25) is 4.79 Å². The van der Waals surface area contributed by atoms with Crippen molar-refractivity contribution in [2.45, 2.75) is 24.8 Å². The van der Waals surface area contributed by atoms with Crippen molar-refractivity contribution in [3.63, 3.8) is 0 Å². The Kier molecular flexibility index (Phi) is 5.66. The van der Waals surface area contributed by atoms with E-state index in [9.17, 15) is 18.0 Å². The molecule has 138 valence electrons. The van der Waals surface area contributed by atoms with E-state index >= 15 is 0 Å². The number of anilines is 1. The molecule has 2 aromatic carbocycles. The zero-order chi connectivity index (χ0) is 19.5. The maximum absolute atomic E-state index is 12.3. The highest BCUT2D eigenvalue weighted by molar-refractivity contribution is 7.90. The fourth-order valence-corrected chi connectivity index (χ4v) is 2.73. The van der Waals surface area contributed by atoms with E-state index in [-0.39, 0.29) is 4.90 Å². The summed E-state index contributed by atoms with van der Waals surface area (Å²) in [5.74, 6) is -1.17. The molecule has 1 atom stereocenters. The Morgan fingerprint density at radius 3 is 2.27 bits per heavy atom. The van der Waals surface area contributed by atoms with Crippen LogP contribution in [-0.2, 0) is 14.6 Å². The number of carbonyl (C=O) groups is 2. The number of hydrogen-bond acceptors (Lipinski definition) is 5. The van der Waals surface area contributed by atoms with Crippen LogP contribution in [0.1, 0.15) is 22.8 Å². The molecule has 7 nitrogen and oxygen atoms in total. The van der Waals surface area contributed by atoms with Crippen LogP contribution in [0.4, 0.5) is 5.69 Å². The fraction of sp³-hybridized carbons (Fsp3) is 0.222. The number of sulfone groups is 1. The van der Waals surface area contributed by atoms with Gasteiger partial charge in [0.2, 0.25) is 0 Å². The van der Waals surface area contributed by atoms with Crippen LogP contribution in [0.3, 0.4) is 0 Å². The van der Waals surface area contributed by atoms with Gasteiger partial charge in [0.05, 0.1) is 4.90 Å². The van der Waals surface area contributed by atoms with E-state index in [0.29, 0.717) is 17.0 Å². The molecule has 1 amide bonds. The number of carboxylic acids is 1. The van der Waals surface area contributed by atoms with Crippen LogP contribution in [0.2, 0.25) is 0 Å². The van der Waals surface area contributed by atoms with Gasteiger partial charge in [-0.2, -0.15) is 0 Å². The first kappa shape index (κ1) is 19.5. The molecule has 0 saturated heterocycles. The largest absolute Gasteiger partial charge is 0.479 e. The van der Waals surface area contributed by atoms with Crippen molar-refractivity contribution in [3.05, 3.63) is 53.6 Å². The average molecular weight is 377 g/mol. The summed E-state index contributed by atoms with van der Waals surface area (Å²) < 4.78 is 28.3. The summed E-state index contributed by atoms with van der Waals surface area (Å²) in [4.78, 5) is 23.4. The van der Waals surface area contributed by atoms with Crippen molar-refractivity contribution < 1.29 is 27.9 Å². The molecule has 0 aliphatic heterocycles. The van der Waals surface area contributed by atoms with E-state index in [4.69, 9.17) is 9.84 Å². The van der Waals surface area contributed by atoms with Crippen molar-refractivity contribution in [1.82, 2.24) is 0 Å². The van der Waals surface area contributed by atoms with E-state index in [1.807, 2.05) is 0 Å². The highest BCUT2D eigenvalue weighted by atomic mass is 32.2. The number of aliphatic carboxylic acids is 1. The third-order valence-corrected chi connectivity index (χ3v) is 4.77. The lowest BCUT2D eigenvalue weighted by atomic mass is 10.1. The molecule has 26 heavy (non-hydrogen) atoms. The van der Waals surface area contributed by atoms with Crippen molar-refractivity contribution >= 4 is 27.4 Å². The van der Waals surface area contributed by atoms with Gasteiger partial charge in [0.1, 0.15) is 5.75 Å². The number of aryl methyl sites for hydroxylation is 1. The Labute approximate surface area is 151 Å². The number of rotatable bonds is 6. The molecule has 0 bridgehead atoms. The predicted molar refractivity (Wildman–Crippen MR) is 96.4 cm³/mol. The topological polar surface area (TPSA) is 110 Å². The molecule has 0 aromatic heterocycles. The molecule has 8 heteroatoms. The molecule has 2 rings (SSSR count). The summed E-state index contributed by atoms with van der Waals surface area (Å²) in [5.41, 5.74) is 1.45. The van der Waals surface area contributed by atoms with Crippen molar-refractivity contribution in [1.29, 1.82) is 0 Å². The van der Waals surface area contributed by atoms with E-state index in [1.54, 1.807) is 19.1 Å². The standard InChI is InChI=1S/C18H19NO6S/c1-11-4-7-14(10-16(11)25-12(2)18(21)22)19-17(20)13-5-8-15(9-6-13)26(3,23)24/h4-10,12H,1-3H3,(H,19,20)(H,21,22)/t12-/m1/s1. The number of nitrogens with one attached hydrogen (secondary N) is 1. The van der Waals surface area contributed by atoms with E-state index in [2.05, 4.69) is 5.32 Å². The van der Waals surface area contributed by atoms with Crippen LogP contribution in [-0.4, -0.2) is 37.8 Å². The third kappa shape index (κ3) is 4.82. The maximum atomic E-state index is 12.3. The summed E-state index contributed by atoms with van der Waals surface area (Å²) in [7, 11) is -3.33. The molecule has 0 fully saturated rings. The smallest absolute Gasteiger partial charge is 0.344 e. The maximum Gasteiger partial charge on any atom is 0.344 e. The SMILES string of the molecule is Cc1ccc(NC(=O)c2ccc(S(C)(=O)=O)cc2)cc1O[C@H](C)C(=O)O. The summed E-state index contributed by atoms with van der Waals surface area (Å²) in [6.45, 7) is 3.18. The third-order valence-electron chi connectivity index (χ3n) is 3.64. The number of ether oxygens (including phenoxy) is 1. The van der Waals surface area contributed by atoms with Crippen molar-refractivity contribution in [3.8, 4) is 5.75 Å². The Morgan fingerprint density at radius 1 is 1.12 bits per heavy atom.